The molecule has 1 heterocycles. The monoisotopic (exact) mass is 363 g/mol. The van der Waals surface area contributed by atoms with E-state index in [4.69, 9.17) is 0 Å². The molecule has 1 saturated heterocycles. The van der Waals surface area contributed by atoms with Crippen LogP contribution in [0.2, 0.25) is 0 Å². The van der Waals surface area contributed by atoms with Crippen molar-refractivity contribution in [3.8, 4) is 0 Å². The van der Waals surface area contributed by atoms with Gasteiger partial charge in [-0.3, -0.25) is 4.79 Å². The molecular weight excluding hydrogens is 333 g/mol. The van der Waals surface area contributed by atoms with E-state index in [-0.39, 0.29) is 41.8 Å². The third-order valence-corrected chi connectivity index (χ3v) is 4.88. The normalized spacial score (nSPS) is 21.4. The highest BCUT2D eigenvalue weighted by atomic mass is 19.1. The molecule has 3 amide bonds. The summed E-state index contributed by atoms with van der Waals surface area (Å²) in [5.74, 6) is -0.522. The zero-order valence-corrected chi connectivity index (χ0v) is 16.1. The standard InChI is InChI=1S/C20H30FN3O2/c1-5-14(4)23-19(25)16-8-11-18(15-6-9-17(21)10-7-15)24(12-16)20(26)22-13(2)3/h6-7,9-10,13-14,16,18H,5,8,11-12H2,1-4H3,(H,22,26)(H,23,25)/t14-,16-,18-/m0/s1. The SMILES string of the molecule is CC[C@H](C)NC(=O)[C@H]1CC[C@@H](c2ccc(F)cc2)N(C(=O)NC(C)C)C1. The number of carbonyl (C=O) groups excluding carboxylic acids is 2. The second-order valence-corrected chi connectivity index (χ2v) is 7.42. The highest BCUT2D eigenvalue weighted by Gasteiger charge is 2.36. The van der Waals surface area contributed by atoms with Crippen LogP contribution < -0.4 is 10.6 Å². The van der Waals surface area contributed by atoms with Crippen molar-refractivity contribution in [2.24, 2.45) is 5.92 Å². The van der Waals surface area contributed by atoms with Gasteiger partial charge in [0.15, 0.2) is 0 Å². The number of rotatable bonds is 5. The van der Waals surface area contributed by atoms with Crippen LogP contribution in [0.3, 0.4) is 0 Å². The number of amides is 3. The van der Waals surface area contributed by atoms with Crippen molar-refractivity contribution in [1.29, 1.82) is 0 Å². The summed E-state index contributed by atoms with van der Waals surface area (Å²) in [6.07, 6.45) is 2.25. The summed E-state index contributed by atoms with van der Waals surface area (Å²) in [5, 5.41) is 5.93. The number of benzene rings is 1. The summed E-state index contributed by atoms with van der Waals surface area (Å²) in [4.78, 5) is 27.0. The first-order valence-electron chi connectivity index (χ1n) is 9.44. The van der Waals surface area contributed by atoms with Crippen LogP contribution in [0.4, 0.5) is 9.18 Å². The van der Waals surface area contributed by atoms with E-state index in [0.717, 1.165) is 12.0 Å². The van der Waals surface area contributed by atoms with Gasteiger partial charge in [0.05, 0.1) is 12.0 Å². The van der Waals surface area contributed by atoms with Crippen molar-refractivity contribution in [3.05, 3.63) is 35.6 Å². The van der Waals surface area contributed by atoms with Gasteiger partial charge in [-0.15, -0.1) is 0 Å². The molecule has 0 bridgehead atoms. The van der Waals surface area contributed by atoms with Gasteiger partial charge >= 0.3 is 6.03 Å². The average molecular weight is 363 g/mol. The maximum atomic E-state index is 13.3. The third-order valence-electron chi connectivity index (χ3n) is 4.88. The Morgan fingerprint density at radius 3 is 2.38 bits per heavy atom. The van der Waals surface area contributed by atoms with Gasteiger partial charge in [0.1, 0.15) is 5.82 Å². The Kier molecular flexibility index (Phi) is 7.00. The minimum Gasteiger partial charge on any atom is -0.353 e. The first-order valence-corrected chi connectivity index (χ1v) is 9.44. The maximum absolute atomic E-state index is 13.3. The van der Waals surface area contributed by atoms with Crippen LogP contribution in [-0.4, -0.2) is 35.5 Å². The number of carbonyl (C=O) groups is 2. The van der Waals surface area contributed by atoms with Gasteiger partial charge in [0.2, 0.25) is 5.91 Å². The molecule has 0 spiro atoms. The van der Waals surface area contributed by atoms with Crippen LogP contribution in [0, 0.1) is 11.7 Å². The fraction of sp³-hybridized carbons (Fsp3) is 0.600. The topological polar surface area (TPSA) is 61.4 Å². The molecule has 0 aliphatic carbocycles. The average Bonchev–Trinajstić information content (AvgIpc) is 2.61. The quantitative estimate of drug-likeness (QED) is 0.839. The number of hydrogen-bond donors (Lipinski definition) is 2. The number of hydrogen-bond acceptors (Lipinski definition) is 2. The van der Waals surface area contributed by atoms with Crippen LogP contribution in [0.1, 0.15) is 58.6 Å². The molecule has 5 nitrogen and oxygen atoms in total. The predicted octanol–water partition coefficient (Wildman–Crippen LogP) is 3.61. The van der Waals surface area contributed by atoms with Crippen molar-refractivity contribution >= 4 is 11.9 Å². The Labute approximate surface area is 155 Å². The first-order chi connectivity index (χ1) is 12.3. The molecule has 26 heavy (non-hydrogen) atoms. The second kappa shape index (κ2) is 9.01. The van der Waals surface area contributed by atoms with Crippen LogP contribution in [0.25, 0.3) is 0 Å². The summed E-state index contributed by atoms with van der Waals surface area (Å²) in [7, 11) is 0. The van der Waals surface area contributed by atoms with Crippen molar-refractivity contribution in [2.75, 3.05) is 6.54 Å². The molecule has 1 aromatic carbocycles. The van der Waals surface area contributed by atoms with E-state index in [1.807, 2.05) is 27.7 Å². The molecule has 0 aromatic heterocycles. The van der Waals surface area contributed by atoms with E-state index in [0.29, 0.717) is 19.4 Å². The molecule has 0 radical (unpaired) electrons. The molecule has 3 atom stereocenters. The molecule has 6 heteroatoms. The molecule has 0 unspecified atom stereocenters. The minimum atomic E-state index is -0.298. The van der Waals surface area contributed by atoms with Crippen LogP contribution in [0.15, 0.2) is 24.3 Å². The third kappa shape index (κ3) is 5.19. The Bertz CT molecular complexity index is 618. The molecule has 144 valence electrons. The van der Waals surface area contributed by atoms with Gasteiger partial charge in [0.25, 0.3) is 0 Å². The maximum Gasteiger partial charge on any atom is 0.318 e. The zero-order valence-electron chi connectivity index (χ0n) is 16.1. The van der Waals surface area contributed by atoms with Gasteiger partial charge < -0.3 is 15.5 Å². The number of nitrogens with one attached hydrogen (secondary N) is 2. The lowest BCUT2D eigenvalue weighted by Crippen LogP contribution is -2.52. The first kappa shape index (κ1) is 20.2. The summed E-state index contributed by atoms with van der Waals surface area (Å²) >= 11 is 0. The highest BCUT2D eigenvalue weighted by molar-refractivity contribution is 5.81. The largest absolute Gasteiger partial charge is 0.353 e. The van der Waals surface area contributed by atoms with Gasteiger partial charge in [-0.05, 0) is 57.7 Å². The summed E-state index contributed by atoms with van der Waals surface area (Å²) in [6.45, 7) is 8.18. The highest BCUT2D eigenvalue weighted by Crippen LogP contribution is 2.33. The number of urea groups is 1. The minimum absolute atomic E-state index is 0.000692. The molecule has 0 saturated carbocycles. The second-order valence-electron chi connectivity index (χ2n) is 7.42. The van der Waals surface area contributed by atoms with E-state index >= 15 is 0 Å². The lowest BCUT2D eigenvalue weighted by atomic mass is 9.88. The summed E-state index contributed by atoms with van der Waals surface area (Å²) in [6, 6.07) is 6.05. The number of likely N-dealkylation sites (tertiary alicyclic amines) is 1. The Morgan fingerprint density at radius 2 is 1.81 bits per heavy atom. The summed E-state index contributed by atoms with van der Waals surface area (Å²) in [5.41, 5.74) is 0.895. The van der Waals surface area contributed by atoms with E-state index in [1.165, 1.54) is 12.1 Å². The number of nitrogens with zero attached hydrogens (tertiary/aromatic N) is 1. The zero-order chi connectivity index (χ0) is 19.3. The molecule has 2 rings (SSSR count). The van der Waals surface area contributed by atoms with Gasteiger partial charge in [0, 0.05) is 18.6 Å². The molecule has 2 N–H and O–H groups in total. The predicted molar refractivity (Wildman–Crippen MR) is 100 cm³/mol. The van der Waals surface area contributed by atoms with Gasteiger partial charge in [-0.25, -0.2) is 9.18 Å². The molecule has 1 aliphatic heterocycles. The molecular formula is C20H30FN3O2. The lowest BCUT2D eigenvalue weighted by molar-refractivity contribution is -0.127. The molecule has 1 fully saturated rings. The van der Waals surface area contributed by atoms with E-state index in [9.17, 15) is 14.0 Å². The van der Waals surface area contributed by atoms with Crippen LogP contribution >= 0.6 is 0 Å². The smallest absolute Gasteiger partial charge is 0.318 e. The Balaban J connectivity index is 2.18. The fourth-order valence-electron chi connectivity index (χ4n) is 3.23. The van der Waals surface area contributed by atoms with E-state index < -0.39 is 0 Å². The van der Waals surface area contributed by atoms with Crippen LogP contribution in [-0.2, 0) is 4.79 Å². The van der Waals surface area contributed by atoms with E-state index in [1.54, 1.807) is 17.0 Å². The van der Waals surface area contributed by atoms with Crippen LogP contribution in [0.5, 0.6) is 0 Å². The van der Waals surface area contributed by atoms with Crippen molar-refractivity contribution in [1.82, 2.24) is 15.5 Å². The van der Waals surface area contributed by atoms with Crippen molar-refractivity contribution in [2.45, 2.75) is 65.1 Å². The summed E-state index contributed by atoms with van der Waals surface area (Å²) < 4.78 is 13.3. The van der Waals surface area contributed by atoms with E-state index in [2.05, 4.69) is 10.6 Å². The molecule has 1 aromatic rings. The number of halogens is 1. The fourth-order valence-corrected chi connectivity index (χ4v) is 3.23. The Hall–Kier alpha value is -2.11. The van der Waals surface area contributed by atoms with Gasteiger partial charge in [-0.1, -0.05) is 19.1 Å². The molecule has 1 aliphatic rings. The van der Waals surface area contributed by atoms with Crippen molar-refractivity contribution < 1.29 is 14.0 Å². The van der Waals surface area contributed by atoms with Crippen molar-refractivity contribution in [3.63, 3.8) is 0 Å². The Morgan fingerprint density at radius 1 is 1.15 bits per heavy atom. The number of piperidine rings is 1. The lowest BCUT2D eigenvalue weighted by Gasteiger charge is -2.40. The van der Waals surface area contributed by atoms with Gasteiger partial charge in [-0.2, -0.15) is 0 Å².